The molecule has 0 spiro atoms. The van der Waals surface area contributed by atoms with E-state index in [4.69, 9.17) is 11.6 Å². The van der Waals surface area contributed by atoms with Crippen molar-refractivity contribution in [2.24, 2.45) is 0 Å². The summed E-state index contributed by atoms with van der Waals surface area (Å²) in [5.41, 5.74) is 3.37. The van der Waals surface area contributed by atoms with E-state index in [0.717, 1.165) is 27.7 Å². The fourth-order valence-corrected chi connectivity index (χ4v) is 2.78. The molecule has 0 aliphatic rings. The second-order valence-corrected chi connectivity index (χ2v) is 5.90. The van der Waals surface area contributed by atoms with Crippen molar-refractivity contribution in [3.8, 4) is 11.1 Å². The molecule has 122 valence electrons. The van der Waals surface area contributed by atoms with E-state index in [1.807, 2.05) is 42.5 Å². The number of fused-ring (bicyclic) bond motifs is 1. The molecule has 0 atom stereocenters. The summed E-state index contributed by atoms with van der Waals surface area (Å²) in [4.78, 5) is 12.3. The van der Waals surface area contributed by atoms with E-state index in [9.17, 15) is 4.39 Å². The first-order valence-electron chi connectivity index (χ1n) is 7.58. The zero-order chi connectivity index (χ0) is 17.2. The molecule has 0 saturated heterocycles. The molecule has 0 bridgehead atoms. The van der Waals surface area contributed by atoms with Crippen LogP contribution in [-0.4, -0.2) is 15.0 Å². The fraction of sp³-hybridized carbons (Fsp3) is 0. The van der Waals surface area contributed by atoms with Crippen LogP contribution >= 0.6 is 11.6 Å². The Morgan fingerprint density at radius 3 is 2.56 bits per heavy atom. The molecule has 25 heavy (non-hydrogen) atoms. The van der Waals surface area contributed by atoms with Crippen LogP contribution in [0.1, 0.15) is 0 Å². The van der Waals surface area contributed by atoms with E-state index < -0.39 is 5.95 Å². The summed E-state index contributed by atoms with van der Waals surface area (Å²) < 4.78 is 13.0. The van der Waals surface area contributed by atoms with Crippen LogP contribution < -0.4 is 5.32 Å². The van der Waals surface area contributed by atoms with E-state index in [2.05, 4.69) is 20.3 Å². The average molecular weight is 351 g/mol. The highest BCUT2D eigenvalue weighted by Gasteiger charge is 2.07. The summed E-state index contributed by atoms with van der Waals surface area (Å²) in [6.07, 6.45) is 3.01. The van der Waals surface area contributed by atoms with Crippen LogP contribution in [0.2, 0.25) is 5.02 Å². The molecule has 4 aromatic rings. The Morgan fingerprint density at radius 2 is 1.76 bits per heavy atom. The summed E-state index contributed by atoms with van der Waals surface area (Å²) in [7, 11) is 0. The highest BCUT2D eigenvalue weighted by molar-refractivity contribution is 6.30. The number of halogens is 2. The highest BCUT2D eigenvalue weighted by atomic mass is 35.5. The topological polar surface area (TPSA) is 50.7 Å². The van der Waals surface area contributed by atoms with E-state index in [1.165, 1.54) is 18.6 Å². The lowest BCUT2D eigenvalue weighted by molar-refractivity contribution is 0.584. The lowest BCUT2D eigenvalue weighted by atomic mass is 10.1. The lowest BCUT2D eigenvalue weighted by Crippen LogP contribution is -1.96. The number of nitrogens with one attached hydrogen (secondary N) is 1. The Balaban J connectivity index is 1.79. The maximum atomic E-state index is 13.0. The summed E-state index contributed by atoms with van der Waals surface area (Å²) >= 11 is 6.04. The largest absolute Gasteiger partial charge is 0.340 e. The quantitative estimate of drug-likeness (QED) is 0.514. The van der Waals surface area contributed by atoms with Crippen molar-refractivity contribution in [3.63, 3.8) is 0 Å². The number of benzene rings is 2. The summed E-state index contributed by atoms with van der Waals surface area (Å²) in [5.74, 6) is 0.167. The van der Waals surface area contributed by atoms with Crippen LogP contribution in [0.3, 0.4) is 0 Å². The standard InChI is InChI=1S/C19H12ClFN4/c20-14-2-1-3-15(9-14)25-19-16-8-12(4-6-17(16)23-11-24-19)13-5-7-18(21)22-10-13/h1-11H,(H,23,24,25). The number of anilines is 2. The van der Waals surface area contributed by atoms with Gasteiger partial charge in [-0.3, -0.25) is 0 Å². The van der Waals surface area contributed by atoms with Gasteiger partial charge in [-0.2, -0.15) is 4.39 Å². The van der Waals surface area contributed by atoms with Gasteiger partial charge in [-0.15, -0.1) is 0 Å². The van der Waals surface area contributed by atoms with Gasteiger partial charge in [0.15, 0.2) is 0 Å². The van der Waals surface area contributed by atoms with Gasteiger partial charge < -0.3 is 5.32 Å². The lowest BCUT2D eigenvalue weighted by Gasteiger charge is -2.10. The maximum absolute atomic E-state index is 13.0. The zero-order valence-corrected chi connectivity index (χ0v) is 13.7. The van der Waals surface area contributed by atoms with Gasteiger partial charge in [0.25, 0.3) is 0 Å². The van der Waals surface area contributed by atoms with Gasteiger partial charge in [0, 0.05) is 27.9 Å². The van der Waals surface area contributed by atoms with Gasteiger partial charge in [0.2, 0.25) is 5.95 Å². The number of nitrogens with zero attached hydrogens (tertiary/aromatic N) is 3. The predicted octanol–water partition coefficient (Wildman–Crippen LogP) is 5.23. The minimum atomic E-state index is -0.504. The Bertz CT molecular complexity index is 1050. The minimum Gasteiger partial charge on any atom is -0.340 e. The predicted molar refractivity (Wildman–Crippen MR) is 97.5 cm³/mol. The van der Waals surface area contributed by atoms with Crippen LogP contribution in [0.15, 0.2) is 67.1 Å². The van der Waals surface area contributed by atoms with E-state index >= 15 is 0 Å². The molecule has 6 heteroatoms. The SMILES string of the molecule is Fc1ccc(-c2ccc3ncnc(Nc4cccc(Cl)c4)c3c2)cn1. The summed E-state index contributed by atoms with van der Waals surface area (Å²) in [5, 5.41) is 4.76. The van der Waals surface area contributed by atoms with E-state index in [0.29, 0.717) is 10.8 Å². The molecule has 2 aromatic heterocycles. The van der Waals surface area contributed by atoms with Crippen molar-refractivity contribution in [1.82, 2.24) is 15.0 Å². The Morgan fingerprint density at radius 1 is 0.880 bits per heavy atom. The van der Waals surface area contributed by atoms with Crippen molar-refractivity contribution in [2.45, 2.75) is 0 Å². The molecule has 0 radical (unpaired) electrons. The van der Waals surface area contributed by atoms with Crippen molar-refractivity contribution >= 4 is 34.0 Å². The number of hydrogen-bond acceptors (Lipinski definition) is 4. The van der Waals surface area contributed by atoms with Gasteiger partial charge >= 0.3 is 0 Å². The molecule has 0 saturated carbocycles. The summed E-state index contributed by atoms with van der Waals surface area (Å²) in [6, 6.07) is 16.2. The molecular weight excluding hydrogens is 339 g/mol. The molecule has 2 aromatic carbocycles. The third-order valence-corrected chi connectivity index (χ3v) is 4.02. The second kappa shape index (κ2) is 6.45. The highest BCUT2D eigenvalue weighted by Crippen LogP contribution is 2.28. The van der Waals surface area contributed by atoms with Crippen LogP contribution in [0.5, 0.6) is 0 Å². The van der Waals surface area contributed by atoms with Gasteiger partial charge in [-0.25, -0.2) is 15.0 Å². The van der Waals surface area contributed by atoms with Crippen molar-refractivity contribution in [1.29, 1.82) is 0 Å². The van der Waals surface area contributed by atoms with Gasteiger partial charge in [0.1, 0.15) is 12.1 Å². The third-order valence-electron chi connectivity index (χ3n) is 3.78. The second-order valence-electron chi connectivity index (χ2n) is 5.46. The molecular formula is C19H12ClFN4. The average Bonchev–Trinajstić information content (AvgIpc) is 2.62. The Labute approximate surface area is 148 Å². The van der Waals surface area contributed by atoms with Gasteiger partial charge in [-0.1, -0.05) is 23.7 Å². The number of aromatic nitrogens is 3. The smallest absolute Gasteiger partial charge is 0.212 e. The molecule has 0 fully saturated rings. The molecule has 4 rings (SSSR count). The first-order chi connectivity index (χ1) is 12.2. The van der Waals surface area contributed by atoms with Crippen molar-refractivity contribution in [3.05, 3.63) is 78.1 Å². The zero-order valence-electron chi connectivity index (χ0n) is 12.9. The number of hydrogen-bond donors (Lipinski definition) is 1. The first kappa shape index (κ1) is 15.5. The molecule has 0 unspecified atom stereocenters. The van der Waals surface area contributed by atoms with Crippen LogP contribution in [0.4, 0.5) is 15.9 Å². The molecule has 1 N–H and O–H groups in total. The molecule has 0 aliphatic heterocycles. The minimum absolute atomic E-state index is 0.504. The van der Waals surface area contributed by atoms with E-state index in [1.54, 1.807) is 6.07 Å². The maximum Gasteiger partial charge on any atom is 0.212 e. The van der Waals surface area contributed by atoms with Crippen molar-refractivity contribution < 1.29 is 4.39 Å². The van der Waals surface area contributed by atoms with Crippen LogP contribution in [-0.2, 0) is 0 Å². The third kappa shape index (κ3) is 3.27. The first-order valence-corrected chi connectivity index (χ1v) is 7.96. The number of pyridine rings is 1. The number of rotatable bonds is 3. The Hall–Kier alpha value is -3.05. The van der Waals surface area contributed by atoms with Gasteiger partial charge in [-0.05, 0) is 48.0 Å². The molecule has 0 amide bonds. The fourth-order valence-electron chi connectivity index (χ4n) is 2.59. The monoisotopic (exact) mass is 350 g/mol. The molecule has 0 aliphatic carbocycles. The van der Waals surface area contributed by atoms with Gasteiger partial charge in [0.05, 0.1) is 5.52 Å². The summed E-state index contributed by atoms with van der Waals surface area (Å²) in [6.45, 7) is 0. The molecule has 2 heterocycles. The normalized spacial score (nSPS) is 10.8. The van der Waals surface area contributed by atoms with Crippen molar-refractivity contribution in [2.75, 3.05) is 5.32 Å². The van der Waals surface area contributed by atoms with Crippen LogP contribution in [0, 0.1) is 5.95 Å². The Kier molecular flexibility index (Phi) is 3.99. The van der Waals surface area contributed by atoms with E-state index in [-0.39, 0.29) is 0 Å². The molecule has 4 nitrogen and oxygen atoms in total. The van der Waals surface area contributed by atoms with Crippen LogP contribution in [0.25, 0.3) is 22.0 Å².